The first-order chi connectivity index (χ1) is 13.3. The van der Waals surface area contributed by atoms with Crippen molar-refractivity contribution in [1.29, 1.82) is 0 Å². The SMILES string of the molecule is O=C(Nc1cc(F)c(=O)n(CC(F)F)c1)C1CC(C#C[C@H]2CCOC2)C(Cl)=N1. The molecule has 10 heteroatoms. The predicted octanol–water partition coefficient (Wildman–Crippen LogP) is 2.26. The summed E-state index contributed by atoms with van der Waals surface area (Å²) in [5, 5.41) is 2.60. The molecule has 1 fully saturated rings. The largest absolute Gasteiger partial charge is 0.380 e. The Bertz CT molecular complexity index is 901. The van der Waals surface area contributed by atoms with Gasteiger partial charge in [-0.05, 0) is 12.8 Å². The molecule has 150 valence electrons. The zero-order chi connectivity index (χ0) is 20.3. The van der Waals surface area contributed by atoms with Crippen molar-refractivity contribution in [3.8, 4) is 11.8 Å². The Morgan fingerprint density at radius 3 is 2.93 bits per heavy atom. The number of alkyl halides is 2. The number of aromatic nitrogens is 1. The highest BCUT2D eigenvalue weighted by Crippen LogP contribution is 2.24. The fourth-order valence-electron chi connectivity index (χ4n) is 2.94. The van der Waals surface area contributed by atoms with E-state index in [-0.39, 0.29) is 29.1 Å². The van der Waals surface area contributed by atoms with Crippen LogP contribution in [0.4, 0.5) is 18.9 Å². The third-order valence-electron chi connectivity index (χ3n) is 4.36. The minimum Gasteiger partial charge on any atom is -0.380 e. The first kappa shape index (κ1) is 20.4. The number of carbonyl (C=O) groups is 1. The molecule has 1 amide bonds. The fraction of sp³-hybridized carbons (Fsp3) is 0.500. The minimum absolute atomic E-state index is 0.119. The van der Waals surface area contributed by atoms with Gasteiger partial charge in [-0.25, -0.2) is 13.2 Å². The summed E-state index contributed by atoms with van der Waals surface area (Å²) in [7, 11) is 0. The van der Waals surface area contributed by atoms with E-state index in [4.69, 9.17) is 16.3 Å². The number of amides is 1. The second-order valence-electron chi connectivity index (χ2n) is 6.52. The molecule has 0 aromatic carbocycles. The van der Waals surface area contributed by atoms with Crippen LogP contribution < -0.4 is 10.9 Å². The Morgan fingerprint density at radius 1 is 1.46 bits per heavy atom. The standard InChI is InChI=1S/C18H17ClF3N3O3/c19-16-11(2-1-10-3-4-28-9-10)5-14(24-16)17(26)23-12-6-13(20)18(27)25(7-12)8-15(21)22/h6-7,10-11,14-15H,3-5,8-9H2,(H,23,26)/t10-,11?,14?/m0/s1. The van der Waals surface area contributed by atoms with Crippen molar-refractivity contribution in [3.63, 3.8) is 0 Å². The summed E-state index contributed by atoms with van der Waals surface area (Å²) in [5.41, 5.74) is -1.31. The van der Waals surface area contributed by atoms with Gasteiger partial charge in [-0.15, -0.1) is 0 Å². The Labute approximate surface area is 163 Å². The zero-order valence-electron chi connectivity index (χ0n) is 14.6. The molecule has 0 saturated carbocycles. The van der Waals surface area contributed by atoms with E-state index in [0.717, 1.165) is 18.7 Å². The van der Waals surface area contributed by atoms with E-state index in [1.807, 2.05) is 0 Å². The number of hydrogen-bond acceptors (Lipinski definition) is 4. The third-order valence-corrected chi connectivity index (χ3v) is 4.73. The van der Waals surface area contributed by atoms with Gasteiger partial charge in [0.05, 0.1) is 24.8 Å². The van der Waals surface area contributed by atoms with Crippen LogP contribution in [-0.2, 0) is 16.1 Å². The number of anilines is 1. The van der Waals surface area contributed by atoms with Crippen molar-refractivity contribution < 1.29 is 22.7 Å². The lowest BCUT2D eigenvalue weighted by molar-refractivity contribution is -0.117. The van der Waals surface area contributed by atoms with E-state index < -0.39 is 36.3 Å². The van der Waals surface area contributed by atoms with E-state index in [1.54, 1.807) is 0 Å². The average molecular weight is 416 g/mol. The third kappa shape index (κ3) is 4.94. The first-order valence-electron chi connectivity index (χ1n) is 8.64. The number of nitrogens with zero attached hydrogens (tertiary/aromatic N) is 2. The summed E-state index contributed by atoms with van der Waals surface area (Å²) in [6, 6.07) is -0.0648. The van der Waals surface area contributed by atoms with Crippen LogP contribution in [0, 0.1) is 29.5 Å². The van der Waals surface area contributed by atoms with Gasteiger partial charge in [0, 0.05) is 24.8 Å². The van der Waals surface area contributed by atoms with Gasteiger partial charge < -0.3 is 14.6 Å². The van der Waals surface area contributed by atoms with Gasteiger partial charge in [0.15, 0.2) is 5.82 Å². The number of pyridine rings is 1. The molecule has 2 aliphatic rings. The summed E-state index contributed by atoms with van der Waals surface area (Å²) < 4.78 is 44.5. The average Bonchev–Trinajstić information content (AvgIpc) is 3.26. The van der Waals surface area contributed by atoms with Gasteiger partial charge in [-0.1, -0.05) is 23.4 Å². The lowest BCUT2D eigenvalue weighted by atomic mass is 10.0. The van der Waals surface area contributed by atoms with Crippen LogP contribution in [0.5, 0.6) is 0 Å². The molecule has 3 heterocycles. The van der Waals surface area contributed by atoms with Crippen LogP contribution in [0.15, 0.2) is 22.1 Å². The number of aliphatic imine (C=N–C) groups is 1. The quantitative estimate of drug-likeness (QED) is 0.767. The molecule has 1 N–H and O–H groups in total. The van der Waals surface area contributed by atoms with Crippen molar-refractivity contribution in [2.45, 2.75) is 31.9 Å². The van der Waals surface area contributed by atoms with Gasteiger partial charge in [-0.3, -0.25) is 14.6 Å². The predicted molar refractivity (Wildman–Crippen MR) is 97.2 cm³/mol. The molecule has 3 rings (SSSR count). The maximum atomic E-state index is 13.7. The molecule has 0 spiro atoms. The maximum Gasteiger partial charge on any atom is 0.286 e. The highest BCUT2D eigenvalue weighted by molar-refractivity contribution is 6.66. The lowest BCUT2D eigenvalue weighted by Gasteiger charge is -2.12. The van der Waals surface area contributed by atoms with Gasteiger partial charge in [0.25, 0.3) is 12.0 Å². The summed E-state index contributed by atoms with van der Waals surface area (Å²) in [6.45, 7) is 0.259. The normalized spacial score (nSPS) is 24.0. The summed E-state index contributed by atoms with van der Waals surface area (Å²) in [5.74, 6) is 4.00. The van der Waals surface area contributed by atoms with Gasteiger partial charge in [0.2, 0.25) is 5.91 Å². The Balaban J connectivity index is 1.67. The van der Waals surface area contributed by atoms with Crippen LogP contribution in [0.25, 0.3) is 0 Å². The van der Waals surface area contributed by atoms with Crippen LogP contribution in [0.3, 0.4) is 0 Å². The molecule has 0 bridgehead atoms. The molecular weight excluding hydrogens is 399 g/mol. The minimum atomic E-state index is -2.84. The number of hydrogen-bond donors (Lipinski definition) is 1. The number of ether oxygens (including phenoxy) is 1. The topological polar surface area (TPSA) is 72.7 Å². The molecular formula is C18H17ClF3N3O3. The Morgan fingerprint density at radius 2 is 2.25 bits per heavy atom. The lowest BCUT2D eigenvalue weighted by Crippen LogP contribution is -2.29. The van der Waals surface area contributed by atoms with E-state index in [0.29, 0.717) is 17.8 Å². The molecule has 3 atom stereocenters. The molecule has 2 aliphatic heterocycles. The van der Waals surface area contributed by atoms with Crippen molar-refractivity contribution in [1.82, 2.24) is 4.57 Å². The van der Waals surface area contributed by atoms with Crippen molar-refractivity contribution in [3.05, 3.63) is 28.4 Å². The fourth-order valence-corrected chi connectivity index (χ4v) is 3.20. The molecule has 1 saturated heterocycles. The number of rotatable bonds is 4. The van der Waals surface area contributed by atoms with Crippen molar-refractivity contribution in [2.24, 2.45) is 16.8 Å². The number of nitrogens with one attached hydrogen (secondary N) is 1. The zero-order valence-corrected chi connectivity index (χ0v) is 15.4. The van der Waals surface area contributed by atoms with E-state index >= 15 is 0 Å². The Kier molecular flexibility index (Phi) is 6.42. The van der Waals surface area contributed by atoms with Gasteiger partial charge in [0.1, 0.15) is 11.2 Å². The summed E-state index contributed by atoms with van der Waals surface area (Å²) in [4.78, 5) is 28.0. The van der Waals surface area contributed by atoms with Crippen LogP contribution >= 0.6 is 11.6 Å². The molecule has 6 nitrogen and oxygen atoms in total. The maximum absolute atomic E-state index is 13.7. The van der Waals surface area contributed by atoms with Crippen LogP contribution in [-0.4, -0.2) is 41.3 Å². The number of halogens is 4. The van der Waals surface area contributed by atoms with E-state index in [2.05, 4.69) is 22.2 Å². The number of carbonyl (C=O) groups excluding carboxylic acids is 1. The second kappa shape index (κ2) is 8.80. The highest BCUT2D eigenvalue weighted by Gasteiger charge is 2.31. The second-order valence-corrected chi connectivity index (χ2v) is 6.91. The Hall–Kier alpha value is -2.31. The van der Waals surface area contributed by atoms with E-state index in [1.165, 1.54) is 0 Å². The summed E-state index contributed by atoms with van der Waals surface area (Å²) in [6.07, 6.45) is -0.776. The smallest absolute Gasteiger partial charge is 0.286 e. The highest BCUT2D eigenvalue weighted by atomic mass is 35.5. The molecule has 2 unspecified atom stereocenters. The van der Waals surface area contributed by atoms with Gasteiger partial charge >= 0.3 is 0 Å². The molecule has 28 heavy (non-hydrogen) atoms. The van der Waals surface area contributed by atoms with Crippen LogP contribution in [0.1, 0.15) is 12.8 Å². The van der Waals surface area contributed by atoms with Gasteiger partial charge in [-0.2, -0.15) is 0 Å². The summed E-state index contributed by atoms with van der Waals surface area (Å²) >= 11 is 6.08. The molecule has 1 aromatic rings. The monoisotopic (exact) mass is 415 g/mol. The first-order valence-corrected chi connectivity index (χ1v) is 9.02. The van der Waals surface area contributed by atoms with Crippen molar-refractivity contribution >= 4 is 28.4 Å². The van der Waals surface area contributed by atoms with Crippen molar-refractivity contribution in [2.75, 3.05) is 18.5 Å². The molecule has 1 aromatic heterocycles. The van der Waals surface area contributed by atoms with Crippen LogP contribution in [0.2, 0.25) is 0 Å². The molecule has 0 aliphatic carbocycles. The molecule has 0 radical (unpaired) electrons. The van der Waals surface area contributed by atoms with E-state index in [9.17, 15) is 22.8 Å².